The molecule has 4 nitrogen and oxygen atoms in total. The second-order valence-corrected chi connectivity index (χ2v) is 6.14. The third kappa shape index (κ3) is 3.13. The number of nitrogens with one attached hydrogen (secondary N) is 2. The topological polar surface area (TPSA) is 54.1 Å². The molecule has 1 aliphatic carbocycles. The highest BCUT2D eigenvalue weighted by atomic mass is 79.9. The number of benzene rings is 1. The molecule has 0 aliphatic heterocycles. The number of methoxy groups -OCH3 is 1. The monoisotopic (exact) mass is 348 g/mol. The first-order chi connectivity index (χ1) is 10.2. The number of fused-ring (bicyclic) bond motifs is 1. The molecule has 2 N–H and O–H groups in total. The zero-order chi connectivity index (χ0) is 14.8. The van der Waals surface area contributed by atoms with Gasteiger partial charge in [-0.1, -0.05) is 15.9 Å². The number of H-pyrrole nitrogens is 1. The smallest absolute Gasteiger partial charge is 0.248 e. The molecule has 110 valence electrons. The zero-order valence-corrected chi connectivity index (χ0v) is 13.4. The van der Waals surface area contributed by atoms with Crippen LogP contribution in [0.5, 0.6) is 5.75 Å². The first-order valence-electron chi connectivity index (χ1n) is 6.99. The van der Waals surface area contributed by atoms with Gasteiger partial charge in [-0.05, 0) is 43.0 Å². The highest BCUT2D eigenvalue weighted by molar-refractivity contribution is 9.10. The van der Waals surface area contributed by atoms with Gasteiger partial charge in [-0.25, -0.2) is 0 Å². The Labute approximate surface area is 131 Å². The minimum absolute atomic E-state index is 0.0291. The number of ether oxygens (including phenoxy) is 1. The molecule has 21 heavy (non-hydrogen) atoms. The van der Waals surface area contributed by atoms with E-state index in [0.717, 1.165) is 40.9 Å². The van der Waals surface area contributed by atoms with Gasteiger partial charge in [0.25, 0.3) is 0 Å². The molecular formula is C16H17BrN2O2. The Hall–Kier alpha value is -1.75. The van der Waals surface area contributed by atoms with Crippen LogP contribution in [0.3, 0.4) is 0 Å². The summed E-state index contributed by atoms with van der Waals surface area (Å²) in [4.78, 5) is 14.4. The molecule has 1 atom stereocenters. The number of hydrogen-bond donors (Lipinski definition) is 2. The van der Waals surface area contributed by atoms with Crippen molar-refractivity contribution in [2.45, 2.75) is 25.3 Å². The molecule has 1 aromatic heterocycles. The van der Waals surface area contributed by atoms with Crippen molar-refractivity contribution in [2.75, 3.05) is 12.4 Å². The molecule has 5 heteroatoms. The quantitative estimate of drug-likeness (QED) is 0.890. The fourth-order valence-electron chi connectivity index (χ4n) is 2.82. The van der Waals surface area contributed by atoms with Gasteiger partial charge in [0.05, 0.1) is 13.2 Å². The van der Waals surface area contributed by atoms with Crippen LogP contribution in [0, 0.1) is 0 Å². The van der Waals surface area contributed by atoms with Gasteiger partial charge in [-0.15, -0.1) is 0 Å². The predicted molar refractivity (Wildman–Crippen MR) is 87.1 cm³/mol. The summed E-state index contributed by atoms with van der Waals surface area (Å²) in [5, 5.41) is 3.54. The van der Waals surface area contributed by atoms with Crippen molar-refractivity contribution in [3.05, 3.63) is 56.4 Å². The van der Waals surface area contributed by atoms with Gasteiger partial charge in [0.2, 0.25) is 5.56 Å². The normalized spacial score (nSPS) is 17.1. The minimum atomic E-state index is -0.0291. The van der Waals surface area contributed by atoms with Gasteiger partial charge < -0.3 is 15.0 Å². The lowest BCUT2D eigenvalue weighted by Crippen LogP contribution is -2.21. The number of rotatable bonds is 3. The van der Waals surface area contributed by atoms with E-state index in [1.54, 1.807) is 13.2 Å². The van der Waals surface area contributed by atoms with Crippen LogP contribution >= 0.6 is 15.9 Å². The van der Waals surface area contributed by atoms with E-state index in [1.165, 1.54) is 5.56 Å². The van der Waals surface area contributed by atoms with Crippen molar-refractivity contribution < 1.29 is 4.74 Å². The van der Waals surface area contributed by atoms with Crippen molar-refractivity contribution in [3.63, 3.8) is 0 Å². The lowest BCUT2D eigenvalue weighted by molar-refractivity contribution is 0.414. The molecule has 0 fully saturated rings. The minimum Gasteiger partial charge on any atom is -0.497 e. The van der Waals surface area contributed by atoms with E-state index in [1.807, 2.05) is 24.3 Å². The number of hydrogen-bond acceptors (Lipinski definition) is 3. The van der Waals surface area contributed by atoms with Crippen LogP contribution in [0.4, 0.5) is 5.69 Å². The molecule has 0 saturated carbocycles. The summed E-state index contributed by atoms with van der Waals surface area (Å²) in [5.74, 6) is 0.810. The lowest BCUT2D eigenvalue weighted by Gasteiger charge is -2.27. The SMILES string of the molecule is COc1cc(Br)cc(NC2CCCc3[nH]c(=O)ccc32)c1. The number of halogens is 1. The molecule has 1 heterocycles. The van der Waals surface area contributed by atoms with Crippen molar-refractivity contribution in [1.82, 2.24) is 4.98 Å². The average Bonchev–Trinajstić information content (AvgIpc) is 2.46. The fourth-order valence-corrected chi connectivity index (χ4v) is 3.29. The number of anilines is 1. The van der Waals surface area contributed by atoms with Gasteiger partial charge in [0.1, 0.15) is 5.75 Å². The third-order valence-electron chi connectivity index (χ3n) is 3.78. The highest BCUT2D eigenvalue weighted by Crippen LogP contribution is 2.33. The van der Waals surface area contributed by atoms with Gasteiger partial charge in [0.15, 0.2) is 0 Å². The number of pyridine rings is 1. The van der Waals surface area contributed by atoms with Crippen LogP contribution in [0.2, 0.25) is 0 Å². The van der Waals surface area contributed by atoms with Crippen molar-refractivity contribution >= 4 is 21.6 Å². The van der Waals surface area contributed by atoms with Gasteiger partial charge >= 0.3 is 0 Å². The Bertz CT molecular complexity index is 712. The molecule has 0 saturated heterocycles. The second-order valence-electron chi connectivity index (χ2n) is 5.23. The van der Waals surface area contributed by atoms with E-state index in [2.05, 4.69) is 26.2 Å². The van der Waals surface area contributed by atoms with E-state index >= 15 is 0 Å². The molecule has 1 aliphatic rings. The maximum atomic E-state index is 11.4. The Morgan fingerprint density at radius 2 is 2.19 bits per heavy atom. The maximum Gasteiger partial charge on any atom is 0.248 e. The van der Waals surface area contributed by atoms with Gasteiger partial charge in [-0.3, -0.25) is 4.79 Å². The Morgan fingerprint density at radius 3 is 3.00 bits per heavy atom. The summed E-state index contributed by atoms with van der Waals surface area (Å²) in [7, 11) is 1.66. The Balaban J connectivity index is 1.90. The molecule has 0 spiro atoms. The van der Waals surface area contributed by atoms with E-state index in [-0.39, 0.29) is 11.6 Å². The molecule has 2 aromatic rings. The Kier molecular flexibility index (Phi) is 4.01. The molecule has 1 aromatic carbocycles. The van der Waals surface area contributed by atoms with Crippen LogP contribution in [0.1, 0.15) is 30.1 Å². The number of aromatic nitrogens is 1. The number of aromatic amines is 1. The van der Waals surface area contributed by atoms with E-state index < -0.39 is 0 Å². The van der Waals surface area contributed by atoms with Crippen LogP contribution in [0.25, 0.3) is 0 Å². The largest absolute Gasteiger partial charge is 0.497 e. The molecule has 1 unspecified atom stereocenters. The summed E-state index contributed by atoms with van der Waals surface area (Å²) in [5.41, 5.74) is 3.21. The van der Waals surface area contributed by atoms with Gasteiger partial charge in [0, 0.05) is 28.0 Å². The summed E-state index contributed by atoms with van der Waals surface area (Å²) >= 11 is 3.49. The molecule has 0 amide bonds. The summed E-state index contributed by atoms with van der Waals surface area (Å²) in [6.07, 6.45) is 3.05. The second kappa shape index (κ2) is 5.93. The van der Waals surface area contributed by atoms with Crippen molar-refractivity contribution in [2.24, 2.45) is 0 Å². The molecule has 0 radical (unpaired) electrons. The standard InChI is InChI=1S/C16H17BrN2O2/c1-21-12-8-10(17)7-11(9-12)18-14-3-2-4-15-13(14)5-6-16(20)19-15/h5-9,14,18H,2-4H2,1H3,(H,19,20). The van der Waals surface area contributed by atoms with Gasteiger partial charge in [-0.2, -0.15) is 0 Å². The zero-order valence-electron chi connectivity index (χ0n) is 11.8. The van der Waals surface area contributed by atoms with E-state index in [4.69, 9.17) is 4.74 Å². The third-order valence-corrected chi connectivity index (χ3v) is 4.24. The van der Waals surface area contributed by atoms with Crippen LogP contribution < -0.4 is 15.6 Å². The maximum absolute atomic E-state index is 11.4. The first-order valence-corrected chi connectivity index (χ1v) is 7.78. The molecule has 3 rings (SSSR count). The summed E-state index contributed by atoms with van der Waals surface area (Å²) in [6.45, 7) is 0. The van der Waals surface area contributed by atoms with Crippen LogP contribution in [-0.2, 0) is 6.42 Å². The van der Waals surface area contributed by atoms with Crippen LogP contribution in [-0.4, -0.2) is 12.1 Å². The molecular weight excluding hydrogens is 332 g/mol. The highest BCUT2D eigenvalue weighted by Gasteiger charge is 2.20. The molecule has 0 bridgehead atoms. The Morgan fingerprint density at radius 1 is 1.33 bits per heavy atom. The van der Waals surface area contributed by atoms with Crippen LogP contribution in [0.15, 0.2) is 39.6 Å². The predicted octanol–water partition coefficient (Wildman–Crippen LogP) is 3.64. The van der Waals surface area contributed by atoms with E-state index in [0.29, 0.717) is 0 Å². The fraction of sp³-hybridized carbons (Fsp3) is 0.312. The average molecular weight is 349 g/mol. The van der Waals surface area contributed by atoms with Crippen molar-refractivity contribution in [1.29, 1.82) is 0 Å². The number of aryl methyl sites for hydroxylation is 1. The summed E-state index contributed by atoms with van der Waals surface area (Å²) in [6, 6.07) is 9.68. The summed E-state index contributed by atoms with van der Waals surface area (Å²) < 4.78 is 6.27. The van der Waals surface area contributed by atoms with E-state index in [9.17, 15) is 4.79 Å². The lowest BCUT2D eigenvalue weighted by atomic mass is 9.91. The van der Waals surface area contributed by atoms with Crippen molar-refractivity contribution in [3.8, 4) is 5.75 Å². The first kappa shape index (κ1) is 14.2.